The number of nitrogens with two attached hydrogens (primary N) is 1. The monoisotopic (exact) mass is 246 g/mol. The molecule has 0 aromatic carbocycles. The molecule has 96 valence electrons. The normalized spacial score (nSPS) is 13.6. The summed E-state index contributed by atoms with van der Waals surface area (Å²) in [4.78, 5) is 11.9. The molecule has 0 fully saturated rings. The Hall–Kier alpha value is -0.220. The fraction of sp³-hybridized carbons (Fsp3) is 0.917. The highest BCUT2D eigenvalue weighted by Crippen LogP contribution is 2.12. The molecule has 3 N–H and O–H groups in total. The third-order valence-corrected chi connectivity index (χ3v) is 3.92. The summed E-state index contributed by atoms with van der Waals surface area (Å²) in [7, 11) is 0. The van der Waals surface area contributed by atoms with E-state index in [1.807, 2.05) is 32.5 Å². The summed E-state index contributed by atoms with van der Waals surface area (Å²) >= 11 is 1.90. The summed E-state index contributed by atoms with van der Waals surface area (Å²) in [5.41, 5.74) is 5.34. The molecule has 3 nitrogen and oxygen atoms in total. The summed E-state index contributed by atoms with van der Waals surface area (Å²) in [6.07, 6.45) is 2.38. The molecule has 0 aromatic heterocycles. The average molecular weight is 246 g/mol. The van der Waals surface area contributed by atoms with E-state index >= 15 is 0 Å². The van der Waals surface area contributed by atoms with E-state index in [1.54, 1.807) is 0 Å². The molecule has 0 aliphatic carbocycles. The summed E-state index contributed by atoms with van der Waals surface area (Å²) in [6, 6.07) is 0.215. The van der Waals surface area contributed by atoms with Crippen LogP contribution in [0.1, 0.15) is 47.0 Å². The Bertz CT molecular complexity index is 205. The van der Waals surface area contributed by atoms with Crippen molar-refractivity contribution in [2.75, 3.05) is 11.5 Å². The molecule has 0 aromatic rings. The molecule has 0 saturated carbocycles. The highest BCUT2D eigenvalue weighted by molar-refractivity contribution is 7.99. The van der Waals surface area contributed by atoms with E-state index in [4.69, 9.17) is 5.73 Å². The van der Waals surface area contributed by atoms with Gasteiger partial charge in [0.15, 0.2) is 0 Å². The van der Waals surface area contributed by atoms with Gasteiger partial charge in [0, 0.05) is 6.04 Å². The minimum Gasteiger partial charge on any atom is -0.352 e. The molecule has 4 heteroatoms. The fourth-order valence-electron chi connectivity index (χ4n) is 1.42. The first-order valence-corrected chi connectivity index (χ1v) is 7.33. The number of hydrogen-bond acceptors (Lipinski definition) is 3. The summed E-state index contributed by atoms with van der Waals surface area (Å²) in [5.74, 6) is 2.21. The summed E-state index contributed by atoms with van der Waals surface area (Å²) in [6.45, 7) is 8.11. The van der Waals surface area contributed by atoms with Crippen LogP contribution in [0.3, 0.4) is 0 Å². The van der Waals surface area contributed by atoms with E-state index in [-0.39, 0.29) is 11.9 Å². The summed E-state index contributed by atoms with van der Waals surface area (Å²) < 4.78 is 0. The number of nitrogens with one attached hydrogen (secondary N) is 1. The van der Waals surface area contributed by atoms with Crippen LogP contribution in [-0.2, 0) is 4.79 Å². The van der Waals surface area contributed by atoms with E-state index in [0.717, 1.165) is 17.9 Å². The zero-order valence-electron chi connectivity index (χ0n) is 11.0. The second-order valence-electron chi connectivity index (χ2n) is 4.22. The number of thioether (sulfide) groups is 1. The summed E-state index contributed by atoms with van der Waals surface area (Å²) in [5, 5.41) is 3.00. The van der Waals surface area contributed by atoms with Gasteiger partial charge in [-0.05, 0) is 37.7 Å². The van der Waals surface area contributed by atoms with Crippen molar-refractivity contribution in [1.29, 1.82) is 0 Å². The molecule has 1 unspecified atom stereocenters. The number of hydrogen-bond donors (Lipinski definition) is 2. The van der Waals surface area contributed by atoms with Gasteiger partial charge in [-0.2, -0.15) is 11.8 Å². The van der Waals surface area contributed by atoms with Crippen molar-refractivity contribution in [2.24, 2.45) is 5.73 Å². The first-order valence-electron chi connectivity index (χ1n) is 6.17. The zero-order chi connectivity index (χ0) is 12.6. The molecule has 0 spiro atoms. The Morgan fingerprint density at radius 2 is 1.94 bits per heavy atom. The standard InChI is InChI=1S/C12H26N2OS/c1-5-12(13,6-2)11(15)14-10(4)8-9-16-7-3/h10H,5-9,13H2,1-4H3,(H,14,15). The van der Waals surface area contributed by atoms with E-state index in [1.165, 1.54) is 0 Å². The van der Waals surface area contributed by atoms with Gasteiger partial charge in [0.1, 0.15) is 0 Å². The third-order valence-electron chi connectivity index (χ3n) is 2.99. The van der Waals surface area contributed by atoms with E-state index in [0.29, 0.717) is 12.8 Å². The SMILES string of the molecule is CCSCCC(C)NC(=O)C(N)(CC)CC. The number of rotatable bonds is 8. The topological polar surface area (TPSA) is 55.1 Å². The van der Waals surface area contributed by atoms with Crippen LogP contribution in [0.2, 0.25) is 0 Å². The van der Waals surface area contributed by atoms with Crippen LogP contribution in [0, 0.1) is 0 Å². The molecule has 0 radical (unpaired) electrons. The van der Waals surface area contributed by atoms with Crippen LogP contribution in [-0.4, -0.2) is 29.0 Å². The van der Waals surface area contributed by atoms with Gasteiger partial charge in [0.25, 0.3) is 0 Å². The Morgan fingerprint density at radius 3 is 2.38 bits per heavy atom. The fourth-order valence-corrected chi connectivity index (χ4v) is 2.22. The van der Waals surface area contributed by atoms with Crippen LogP contribution in [0.4, 0.5) is 0 Å². The number of carbonyl (C=O) groups is 1. The molecule has 0 saturated heterocycles. The van der Waals surface area contributed by atoms with E-state index in [2.05, 4.69) is 12.2 Å². The smallest absolute Gasteiger partial charge is 0.240 e. The molecular formula is C12H26N2OS. The van der Waals surface area contributed by atoms with Crippen molar-refractivity contribution < 1.29 is 4.79 Å². The minimum atomic E-state index is -0.688. The van der Waals surface area contributed by atoms with Crippen molar-refractivity contribution in [1.82, 2.24) is 5.32 Å². The van der Waals surface area contributed by atoms with E-state index < -0.39 is 5.54 Å². The number of carbonyl (C=O) groups excluding carboxylic acids is 1. The lowest BCUT2D eigenvalue weighted by atomic mass is 9.93. The van der Waals surface area contributed by atoms with Crippen LogP contribution in [0.5, 0.6) is 0 Å². The van der Waals surface area contributed by atoms with Gasteiger partial charge in [-0.3, -0.25) is 4.79 Å². The second-order valence-corrected chi connectivity index (χ2v) is 5.62. The van der Waals surface area contributed by atoms with Crippen molar-refractivity contribution in [3.05, 3.63) is 0 Å². The van der Waals surface area contributed by atoms with Crippen LogP contribution >= 0.6 is 11.8 Å². The molecule has 0 bridgehead atoms. The number of amides is 1. The van der Waals surface area contributed by atoms with Gasteiger partial charge in [0.2, 0.25) is 5.91 Å². The van der Waals surface area contributed by atoms with Gasteiger partial charge in [-0.15, -0.1) is 0 Å². The van der Waals surface area contributed by atoms with Crippen molar-refractivity contribution in [3.63, 3.8) is 0 Å². The average Bonchev–Trinajstić information content (AvgIpc) is 2.28. The predicted molar refractivity (Wildman–Crippen MR) is 72.7 cm³/mol. The van der Waals surface area contributed by atoms with Crippen molar-refractivity contribution >= 4 is 17.7 Å². The molecule has 0 rings (SSSR count). The first kappa shape index (κ1) is 15.8. The maximum atomic E-state index is 11.9. The van der Waals surface area contributed by atoms with E-state index in [9.17, 15) is 4.79 Å². The second kappa shape index (κ2) is 7.96. The quantitative estimate of drug-likeness (QED) is 0.645. The highest BCUT2D eigenvalue weighted by atomic mass is 32.2. The van der Waals surface area contributed by atoms with Crippen molar-refractivity contribution in [2.45, 2.75) is 58.5 Å². The maximum absolute atomic E-state index is 11.9. The maximum Gasteiger partial charge on any atom is 0.240 e. The Kier molecular flexibility index (Phi) is 7.85. The lowest BCUT2D eigenvalue weighted by molar-refractivity contribution is -0.127. The molecule has 1 atom stereocenters. The Morgan fingerprint density at radius 1 is 1.38 bits per heavy atom. The van der Waals surface area contributed by atoms with Crippen LogP contribution in [0.25, 0.3) is 0 Å². The molecule has 0 heterocycles. The third kappa shape index (κ3) is 5.21. The van der Waals surface area contributed by atoms with Crippen molar-refractivity contribution in [3.8, 4) is 0 Å². The molecule has 16 heavy (non-hydrogen) atoms. The minimum absolute atomic E-state index is 0.00787. The van der Waals surface area contributed by atoms with Gasteiger partial charge in [-0.1, -0.05) is 20.8 Å². The first-order chi connectivity index (χ1) is 7.50. The molecule has 1 amide bonds. The molecule has 0 aliphatic heterocycles. The van der Waals surface area contributed by atoms with Gasteiger partial charge in [-0.25, -0.2) is 0 Å². The molecule has 0 aliphatic rings. The largest absolute Gasteiger partial charge is 0.352 e. The Balaban J connectivity index is 4.02. The van der Waals surface area contributed by atoms with Gasteiger partial charge >= 0.3 is 0 Å². The van der Waals surface area contributed by atoms with Crippen LogP contribution < -0.4 is 11.1 Å². The lowest BCUT2D eigenvalue weighted by Crippen LogP contribution is -2.55. The predicted octanol–water partition coefficient (Wildman–Crippen LogP) is 2.15. The highest BCUT2D eigenvalue weighted by Gasteiger charge is 2.30. The van der Waals surface area contributed by atoms with Gasteiger partial charge < -0.3 is 11.1 Å². The Labute approximate surface area is 104 Å². The lowest BCUT2D eigenvalue weighted by Gasteiger charge is -2.27. The van der Waals surface area contributed by atoms with Crippen LogP contribution in [0.15, 0.2) is 0 Å². The zero-order valence-corrected chi connectivity index (χ0v) is 11.8. The van der Waals surface area contributed by atoms with Gasteiger partial charge in [0.05, 0.1) is 5.54 Å². The molecular weight excluding hydrogens is 220 g/mol.